The van der Waals surface area contributed by atoms with Crippen LogP contribution in [0.15, 0.2) is 0 Å². The van der Waals surface area contributed by atoms with Gasteiger partial charge in [0.1, 0.15) is 0 Å². The third-order valence-electron chi connectivity index (χ3n) is 3.59. The van der Waals surface area contributed by atoms with Gasteiger partial charge in [-0.25, -0.2) is 0 Å². The molecule has 1 N–H and O–H groups in total. The highest BCUT2D eigenvalue weighted by Gasteiger charge is 2.25. The van der Waals surface area contributed by atoms with Crippen molar-refractivity contribution in [3.8, 4) is 6.07 Å². The van der Waals surface area contributed by atoms with Crippen LogP contribution in [0.3, 0.4) is 0 Å². The van der Waals surface area contributed by atoms with Crippen LogP contribution < -0.4 is 5.32 Å². The molecule has 0 saturated heterocycles. The lowest BCUT2D eigenvalue weighted by molar-refractivity contribution is 0.289. The summed E-state index contributed by atoms with van der Waals surface area (Å²) in [4.78, 5) is 0. The summed E-state index contributed by atoms with van der Waals surface area (Å²) in [5.74, 6) is 1.000. The fourth-order valence-corrected chi connectivity index (χ4v) is 2.05. The van der Waals surface area contributed by atoms with Gasteiger partial charge < -0.3 is 5.32 Å². The predicted molar refractivity (Wildman–Crippen MR) is 68.1 cm³/mol. The van der Waals surface area contributed by atoms with E-state index < -0.39 is 0 Å². The summed E-state index contributed by atoms with van der Waals surface area (Å²) < 4.78 is 0. The van der Waals surface area contributed by atoms with Crippen LogP contribution in [0.1, 0.15) is 59.3 Å². The molecule has 1 aliphatic rings. The van der Waals surface area contributed by atoms with Gasteiger partial charge in [0.2, 0.25) is 0 Å². The molecule has 0 aromatic rings. The van der Waals surface area contributed by atoms with Crippen molar-refractivity contribution in [1.82, 2.24) is 5.32 Å². The molecule has 92 valence electrons. The molecule has 0 radical (unpaired) electrons. The maximum Gasteiger partial charge on any atom is 0.0621 e. The molecular weight excluding hydrogens is 196 g/mol. The average molecular weight is 222 g/mol. The number of nitrogens with one attached hydrogen (secondary N) is 1. The van der Waals surface area contributed by atoms with E-state index in [4.69, 9.17) is 5.26 Å². The Bertz CT molecular complexity index is 236. The van der Waals surface area contributed by atoms with Crippen molar-refractivity contribution in [3.05, 3.63) is 0 Å². The molecule has 0 spiro atoms. The molecule has 0 bridgehead atoms. The molecule has 0 amide bonds. The van der Waals surface area contributed by atoms with E-state index >= 15 is 0 Å². The van der Waals surface area contributed by atoms with Crippen molar-refractivity contribution in [1.29, 1.82) is 5.26 Å². The molecule has 1 atom stereocenters. The first kappa shape index (κ1) is 13.5. The van der Waals surface area contributed by atoms with Gasteiger partial charge in [0.25, 0.3) is 0 Å². The van der Waals surface area contributed by atoms with Gasteiger partial charge in [-0.3, -0.25) is 0 Å². The summed E-state index contributed by atoms with van der Waals surface area (Å²) in [7, 11) is 0. The maximum atomic E-state index is 8.61. The fourth-order valence-electron chi connectivity index (χ4n) is 2.05. The number of hydrogen-bond acceptors (Lipinski definition) is 2. The lowest BCUT2D eigenvalue weighted by atomic mass is 9.87. The van der Waals surface area contributed by atoms with Crippen LogP contribution in [0.2, 0.25) is 0 Å². The second kappa shape index (κ2) is 6.25. The van der Waals surface area contributed by atoms with Gasteiger partial charge in [-0.2, -0.15) is 5.26 Å². The molecule has 1 fully saturated rings. The van der Waals surface area contributed by atoms with Gasteiger partial charge >= 0.3 is 0 Å². The zero-order chi connectivity index (χ0) is 12.0. The molecule has 1 aliphatic carbocycles. The monoisotopic (exact) mass is 222 g/mol. The smallest absolute Gasteiger partial charge is 0.0621 e. The van der Waals surface area contributed by atoms with E-state index in [2.05, 4.69) is 32.2 Å². The van der Waals surface area contributed by atoms with Gasteiger partial charge in [0.15, 0.2) is 0 Å². The quantitative estimate of drug-likeness (QED) is 0.682. The van der Waals surface area contributed by atoms with Crippen molar-refractivity contribution in [2.24, 2.45) is 11.3 Å². The second-order valence-electron chi connectivity index (χ2n) is 5.99. The number of nitrogens with zero attached hydrogens (tertiary/aromatic N) is 1. The minimum absolute atomic E-state index is 0.257. The summed E-state index contributed by atoms with van der Waals surface area (Å²) in [6.07, 6.45) is 7.13. The van der Waals surface area contributed by atoms with E-state index in [1.807, 2.05) is 0 Å². The maximum absolute atomic E-state index is 8.61. The zero-order valence-electron chi connectivity index (χ0n) is 11.1. The minimum atomic E-state index is 0.257. The highest BCUT2D eigenvalue weighted by molar-refractivity contribution is 4.83. The Morgan fingerprint density at radius 1 is 1.44 bits per heavy atom. The van der Waals surface area contributed by atoms with E-state index in [-0.39, 0.29) is 5.41 Å². The molecule has 16 heavy (non-hydrogen) atoms. The SMILES string of the molecule is CCC(CC1CC1)NCC(C)(C)CCC#N. The minimum Gasteiger partial charge on any atom is -0.313 e. The van der Waals surface area contributed by atoms with Crippen LogP contribution in [0.4, 0.5) is 0 Å². The van der Waals surface area contributed by atoms with Crippen LogP contribution >= 0.6 is 0 Å². The molecule has 1 unspecified atom stereocenters. The largest absolute Gasteiger partial charge is 0.313 e. The van der Waals surface area contributed by atoms with Gasteiger partial charge in [-0.1, -0.05) is 33.6 Å². The third kappa shape index (κ3) is 5.51. The Morgan fingerprint density at radius 3 is 2.62 bits per heavy atom. The van der Waals surface area contributed by atoms with Crippen molar-refractivity contribution in [2.45, 2.75) is 65.3 Å². The molecular formula is C14H26N2. The van der Waals surface area contributed by atoms with Crippen LogP contribution in [0, 0.1) is 22.7 Å². The van der Waals surface area contributed by atoms with E-state index in [1.165, 1.54) is 25.7 Å². The van der Waals surface area contributed by atoms with Crippen LogP contribution in [-0.4, -0.2) is 12.6 Å². The van der Waals surface area contributed by atoms with Gasteiger partial charge in [-0.05, 0) is 30.6 Å². The molecule has 2 heteroatoms. The normalized spacial score (nSPS) is 18.1. The topological polar surface area (TPSA) is 35.8 Å². The van der Waals surface area contributed by atoms with E-state index in [1.54, 1.807) is 0 Å². The van der Waals surface area contributed by atoms with Crippen molar-refractivity contribution in [3.63, 3.8) is 0 Å². The number of hydrogen-bond donors (Lipinski definition) is 1. The standard InChI is InChI=1S/C14H26N2/c1-4-13(10-12-6-7-12)16-11-14(2,3)8-5-9-15/h12-13,16H,4-8,10-11H2,1-3H3. The summed E-state index contributed by atoms with van der Waals surface area (Å²) in [5.41, 5.74) is 0.257. The highest BCUT2D eigenvalue weighted by atomic mass is 14.9. The van der Waals surface area contributed by atoms with Crippen molar-refractivity contribution < 1.29 is 0 Å². The Hall–Kier alpha value is -0.550. The van der Waals surface area contributed by atoms with Crippen molar-refractivity contribution in [2.75, 3.05) is 6.54 Å². The summed E-state index contributed by atoms with van der Waals surface area (Å²) in [5, 5.41) is 12.3. The Kier molecular flexibility index (Phi) is 5.28. The van der Waals surface area contributed by atoms with Gasteiger partial charge in [0.05, 0.1) is 6.07 Å². The van der Waals surface area contributed by atoms with Crippen molar-refractivity contribution >= 4 is 0 Å². The number of rotatable bonds is 8. The van der Waals surface area contributed by atoms with Gasteiger partial charge in [0, 0.05) is 19.0 Å². The Labute approximate surface area is 100 Å². The zero-order valence-corrected chi connectivity index (χ0v) is 11.1. The first-order valence-electron chi connectivity index (χ1n) is 6.67. The molecule has 2 nitrogen and oxygen atoms in total. The Balaban J connectivity index is 2.21. The summed E-state index contributed by atoms with van der Waals surface area (Å²) in [6.45, 7) is 7.81. The molecule has 0 aliphatic heterocycles. The van der Waals surface area contributed by atoms with Crippen LogP contribution in [-0.2, 0) is 0 Å². The molecule has 0 aromatic carbocycles. The summed E-state index contributed by atoms with van der Waals surface area (Å²) in [6, 6.07) is 2.93. The first-order valence-corrected chi connectivity index (χ1v) is 6.67. The molecule has 0 heterocycles. The average Bonchev–Trinajstić information content (AvgIpc) is 3.05. The lowest BCUT2D eigenvalue weighted by Gasteiger charge is -2.27. The van der Waals surface area contributed by atoms with E-state index in [0.29, 0.717) is 12.5 Å². The predicted octanol–water partition coefficient (Wildman–Crippen LogP) is 3.48. The highest BCUT2D eigenvalue weighted by Crippen LogP contribution is 2.34. The van der Waals surface area contributed by atoms with Crippen LogP contribution in [0.25, 0.3) is 0 Å². The van der Waals surface area contributed by atoms with E-state index in [9.17, 15) is 0 Å². The molecule has 1 rings (SSSR count). The summed E-state index contributed by atoms with van der Waals surface area (Å²) >= 11 is 0. The fraction of sp³-hybridized carbons (Fsp3) is 0.929. The van der Waals surface area contributed by atoms with Crippen LogP contribution in [0.5, 0.6) is 0 Å². The number of nitriles is 1. The third-order valence-corrected chi connectivity index (χ3v) is 3.59. The Morgan fingerprint density at radius 2 is 2.12 bits per heavy atom. The first-order chi connectivity index (χ1) is 7.57. The second-order valence-corrected chi connectivity index (χ2v) is 5.99. The molecule has 0 aromatic heterocycles. The molecule has 1 saturated carbocycles. The van der Waals surface area contributed by atoms with Gasteiger partial charge in [-0.15, -0.1) is 0 Å². The lowest BCUT2D eigenvalue weighted by Crippen LogP contribution is -2.37. The van der Waals surface area contributed by atoms with E-state index in [0.717, 1.165) is 18.9 Å².